The molecule has 27 heavy (non-hydrogen) atoms. The lowest BCUT2D eigenvalue weighted by atomic mass is 9.95. The van der Waals surface area contributed by atoms with Gasteiger partial charge in [0.25, 0.3) is 5.91 Å². The minimum atomic E-state index is 0.0414. The van der Waals surface area contributed by atoms with Crippen molar-refractivity contribution in [3.63, 3.8) is 0 Å². The number of piperidine rings is 1. The molecular weight excluding hydrogens is 382 g/mol. The average molecular weight is 406 g/mol. The number of aromatic amines is 1. The summed E-state index contributed by atoms with van der Waals surface area (Å²) in [6.07, 6.45) is 3.70. The topological polar surface area (TPSA) is 83.0 Å². The van der Waals surface area contributed by atoms with Crippen LogP contribution in [-0.2, 0) is 11.3 Å². The van der Waals surface area contributed by atoms with Gasteiger partial charge in [0.15, 0.2) is 4.77 Å². The smallest absolute Gasteiger partial charge is 0.263 e. The number of nitrogens with one attached hydrogen (secondary N) is 2. The second-order valence-corrected chi connectivity index (χ2v) is 8.60. The molecule has 3 heterocycles. The number of carbonyl (C=O) groups excluding carboxylic acids is 2. The Morgan fingerprint density at radius 3 is 2.70 bits per heavy atom. The highest BCUT2D eigenvalue weighted by Crippen LogP contribution is 2.32. The third-order valence-electron chi connectivity index (χ3n) is 5.26. The summed E-state index contributed by atoms with van der Waals surface area (Å²) in [5, 5.41) is 10.9. The first kappa shape index (κ1) is 18.4. The van der Waals surface area contributed by atoms with Crippen LogP contribution in [0.5, 0.6) is 0 Å². The molecule has 0 atom stereocenters. The lowest BCUT2D eigenvalue weighted by Crippen LogP contribution is -2.38. The van der Waals surface area contributed by atoms with Crippen molar-refractivity contribution < 1.29 is 9.59 Å². The zero-order valence-corrected chi connectivity index (χ0v) is 16.9. The number of hydrogen-bond donors (Lipinski definition) is 2. The minimum absolute atomic E-state index is 0.0414. The molecule has 2 fully saturated rings. The monoisotopic (exact) mass is 405 g/mol. The summed E-state index contributed by atoms with van der Waals surface area (Å²) < 4.78 is 2.69. The number of rotatable bonds is 5. The highest BCUT2D eigenvalue weighted by atomic mass is 32.1. The van der Waals surface area contributed by atoms with Crippen molar-refractivity contribution in [2.75, 3.05) is 18.4 Å². The zero-order valence-electron chi connectivity index (χ0n) is 15.2. The van der Waals surface area contributed by atoms with Crippen molar-refractivity contribution in [1.82, 2.24) is 19.7 Å². The Bertz CT molecular complexity index is 903. The fourth-order valence-corrected chi connectivity index (χ4v) is 4.68. The van der Waals surface area contributed by atoms with E-state index < -0.39 is 0 Å². The van der Waals surface area contributed by atoms with Gasteiger partial charge in [0.05, 0.1) is 9.88 Å². The maximum absolute atomic E-state index is 12.8. The van der Waals surface area contributed by atoms with Gasteiger partial charge in [-0.05, 0) is 57.0 Å². The number of H-pyrrole nitrogens is 1. The van der Waals surface area contributed by atoms with E-state index in [4.69, 9.17) is 12.2 Å². The van der Waals surface area contributed by atoms with Gasteiger partial charge in [-0.1, -0.05) is 0 Å². The van der Waals surface area contributed by atoms with E-state index in [1.54, 1.807) is 0 Å². The van der Waals surface area contributed by atoms with Crippen LogP contribution < -0.4 is 5.32 Å². The third-order valence-corrected chi connectivity index (χ3v) is 6.56. The van der Waals surface area contributed by atoms with Gasteiger partial charge in [-0.15, -0.1) is 11.3 Å². The van der Waals surface area contributed by atoms with Gasteiger partial charge in [-0.2, -0.15) is 5.10 Å². The summed E-state index contributed by atoms with van der Waals surface area (Å²) in [4.78, 5) is 27.2. The van der Waals surface area contributed by atoms with Crippen LogP contribution in [0.1, 0.15) is 54.0 Å². The van der Waals surface area contributed by atoms with Gasteiger partial charge in [-0.3, -0.25) is 14.7 Å². The molecule has 2 aromatic rings. The Morgan fingerprint density at radius 2 is 2.04 bits per heavy atom. The summed E-state index contributed by atoms with van der Waals surface area (Å²) in [6.45, 7) is 4.27. The summed E-state index contributed by atoms with van der Waals surface area (Å²) >= 11 is 6.63. The molecular formula is C18H23N5O2S2. The normalized spacial score (nSPS) is 17.9. The van der Waals surface area contributed by atoms with Crippen LogP contribution in [0.2, 0.25) is 0 Å². The molecule has 2 aromatic heterocycles. The highest BCUT2D eigenvalue weighted by molar-refractivity contribution is 7.71. The number of carbonyl (C=O) groups is 2. The molecule has 7 nitrogen and oxygen atoms in total. The van der Waals surface area contributed by atoms with Gasteiger partial charge in [0.1, 0.15) is 5.82 Å². The minimum Gasteiger partial charge on any atom is -0.338 e. The standard InChI is InChI=1S/C18H23N5O2S2/c1-2-23-15(20-21-18(23)26)11-7-9-22(10-8-11)17(25)13-5-6-14(27-13)19-16(24)12-3-4-12/h5-6,11-12H,2-4,7-10H2,1H3,(H,19,24)(H,21,26). The summed E-state index contributed by atoms with van der Waals surface area (Å²) in [5.41, 5.74) is 0. The van der Waals surface area contributed by atoms with E-state index in [2.05, 4.69) is 22.4 Å². The van der Waals surface area contributed by atoms with Gasteiger partial charge >= 0.3 is 0 Å². The number of nitrogens with zero attached hydrogens (tertiary/aromatic N) is 3. The van der Waals surface area contributed by atoms with Crippen LogP contribution >= 0.6 is 23.6 Å². The summed E-state index contributed by atoms with van der Waals surface area (Å²) in [6, 6.07) is 3.63. The zero-order chi connectivity index (χ0) is 19.0. The summed E-state index contributed by atoms with van der Waals surface area (Å²) in [7, 11) is 0. The Hall–Kier alpha value is -2.00. The molecule has 2 N–H and O–H groups in total. The lowest BCUT2D eigenvalue weighted by molar-refractivity contribution is -0.117. The van der Waals surface area contributed by atoms with E-state index in [-0.39, 0.29) is 17.7 Å². The predicted molar refractivity (Wildman–Crippen MR) is 107 cm³/mol. The van der Waals surface area contributed by atoms with Crippen LogP contribution in [-0.4, -0.2) is 44.6 Å². The maximum Gasteiger partial charge on any atom is 0.263 e. The fraction of sp³-hybridized carbons (Fsp3) is 0.556. The number of aromatic nitrogens is 3. The van der Waals surface area contributed by atoms with Crippen molar-refractivity contribution in [2.24, 2.45) is 5.92 Å². The predicted octanol–water partition coefficient (Wildman–Crippen LogP) is 3.39. The van der Waals surface area contributed by atoms with Gasteiger partial charge in [0.2, 0.25) is 5.91 Å². The van der Waals surface area contributed by atoms with E-state index in [1.807, 2.05) is 21.6 Å². The third kappa shape index (κ3) is 3.84. The van der Waals surface area contributed by atoms with E-state index in [9.17, 15) is 9.59 Å². The molecule has 0 bridgehead atoms. The average Bonchev–Trinajstić information content (AvgIpc) is 3.33. The first-order valence-corrected chi connectivity index (χ1v) is 10.6. The molecule has 1 aliphatic carbocycles. The molecule has 0 aromatic carbocycles. The Morgan fingerprint density at radius 1 is 1.30 bits per heavy atom. The van der Waals surface area contributed by atoms with Crippen molar-refractivity contribution in [2.45, 2.75) is 45.1 Å². The van der Waals surface area contributed by atoms with Crippen molar-refractivity contribution >= 4 is 40.4 Å². The molecule has 1 saturated carbocycles. The molecule has 4 rings (SSSR count). The number of likely N-dealkylation sites (tertiary alicyclic amines) is 1. The molecule has 1 saturated heterocycles. The second kappa shape index (κ2) is 7.55. The van der Waals surface area contributed by atoms with Crippen LogP contribution in [0.4, 0.5) is 5.00 Å². The second-order valence-electron chi connectivity index (χ2n) is 7.13. The maximum atomic E-state index is 12.8. The van der Waals surface area contributed by atoms with E-state index in [1.165, 1.54) is 11.3 Å². The lowest BCUT2D eigenvalue weighted by Gasteiger charge is -2.31. The summed E-state index contributed by atoms with van der Waals surface area (Å²) in [5.74, 6) is 1.59. The van der Waals surface area contributed by atoms with Crippen LogP contribution in [0.25, 0.3) is 0 Å². The molecule has 0 spiro atoms. The quantitative estimate of drug-likeness (QED) is 0.747. The number of anilines is 1. The first-order chi connectivity index (χ1) is 13.1. The highest BCUT2D eigenvalue weighted by Gasteiger charge is 2.31. The molecule has 9 heteroatoms. The molecule has 144 valence electrons. The van der Waals surface area contributed by atoms with Crippen molar-refractivity contribution in [1.29, 1.82) is 0 Å². The van der Waals surface area contributed by atoms with Crippen LogP contribution in [0.3, 0.4) is 0 Å². The van der Waals surface area contributed by atoms with Crippen molar-refractivity contribution in [3.8, 4) is 0 Å². The van der Waals surface area contributed by atoms with Crippen LogP contribution in [0.15, 0.2) is 12.1 Å². The largest absolute Gasteiger partial charge is 0.338 e. The van der Waals surface area contributed by atoms with E-state index >= 15 is 0 Å². The first-order valence-electron chi connectivity index (χ1n) is 9.42. The molecule has 0 radical (unpaired) electrons. The van der Waals surface area contributed by atoms with Gasteiger partial charge in [0, 0.05) is 31.5 Å². The van der Waals surface area contributed by atoms with E-state index in [0.29, 0.717) is 28.7 Å². The SMILES string of the molecule is CCn1c(C2CCN(C(=O)c3ccc(NC(=O)C4CC4)s3)CC2)n[nH]c1=S. The molecule has 2 amide bonds. The molecule has 2 aliphatic rings. The molecule has 0 unspecified atom stereocenters. The molecule has 1 aliphatic heterocycles. The Kier molecular flexibility index (Phi) is 5.14. The van der Waals surface area contributed by atoms with E-state index in [0.717, 1.165) is 43.1 Å². The Labute approximate surface area is 166 Å². The van der Waals surface area contributed by atoms with Gasteiger partial charge < -0.3 is 14.8 Å². The number of hydrogen-bond acceptors (Lipinski definition) is 5. The fourth-order valence-electron chi connectivity index (χ4n) is 3.53. The number of thiophene rings is 1. The Balaban J connectivity index is 1.36. The number of amides is 2. The van der Waals surface area contributed by atoms with Crippen LogP contribution in [0, 0.1) is 10.7 Å². The van der Waals surface area contributed by atoms with Gasteiger partial charge in [-0.25, -0.2) is 0 Å². The van der Waals surface area contributed by atoms with Crippen molar-refractivity contribution in [3.05, 3.63) is 27.6 Å².